The number of hydrogen-bond acceptors (Lipinski definition) is 2. The van der Waals surface area contributed by atoms with E-state index in [1.165, 1.54) is 15.8 Å². The maximum absolute atomic E-state index is 13.2. The second kappa shape index (κ2) is 4.73. The van der Waals surface area contributed by atoms with E-state index < -0.39 is 5.60 Å². The zero-order chi connectivity index (χ0) is 13.5. The van der Waals surface area contributed by atoms with E-state index in [0.717, 1.165) is 24.0 Å². The van der Waals surface area contributed by atoms with Gasteiger partial charge in [-0.05, 0) is 54.7 Å². The number of aliphatic hydroxyl groups is 1. The molecule has 1 unspecified atom stereocenters. The van der Waals surface area contributed by atoms with E-state index in [1.54, 1.807) is 23.5 Å². The van der Waals surface area contributed by atoms with Crippen LogP contribution in [-0.4, -0.2) is 5.11 Å². The molecule has 19 heavy (non-hydrogen) atoms. The van der Waals surface area contributed by atoms with Crippen molar-refractivity contribution >= 4 is 11.3 Å². The third kappa shape index (κ3) is 2.33. The topological polar surface area (TPSA) is 20.2 Å². The molecule has 3 heteroatoms. The summed E-state index contributed by atoms with van der Waals surface area (Å²) in [5.41, 5.74) is 1.04. The highest BCUT2D eigenvalue weighted by atomic mass is 32.1. The monoisotopic (exact) mass is 276 g/mol. The van der Waals surface area contributed by atoms with Crippen LogP contribution in [0.3, 0.4) is 0 Å². The standard InChI is InChI=1S/C16H17FOS/c1-2-13-4-5-14(19-13)10-16(18)8-7-11-9-12(17)3-6-15(11)16/h3-6,9,18H,2,7-8,10H2,1H3. The van der Waals surface area contributed by atoms with E-state index in [2.05, 4.69) is 19.1 Å². The molecule has 100 valence electrons. The Morgan fingerprint density at radius 2 is 2.05 bits per heavy atom. The molecule has 0 amide bonds. The Kier molecular flexibility index (Phi) is 3.19. The normalized spacial score (nSPS) is 21.6. The van der Waals surface area contributed by atoms with Gasteiger partial charge < -0.3 is 5.11 Å². The number of halogens is 1. The van der Waals surface area contributed by atoms with Crippen molar-refractivity contribution in [1.29, 1.82) is 0 Å². The first-order valence-corrected chi connectivity index (χ1v) is 7.51. The van der Waals surface area contributed by atoms with Gasteiger partial charge in [-0.1, -0.05) is 13.0 Å². The molecule has 1 nitrogen and oxygen atoms in total. The number of rotatable bonds is 3. The maximum atomic E-state index is 13.2. The second-order valence-electron chi connectivity index (χ2n) is 5.23. The summed E-state index contributed by atoms with van der Waals surface area (Å²) in [6, 6.07) is 8.97. The fraction of sp³-hybridized carbons (Fsp3) is 0.375. The maximum Gasteiger partial charge on any atom is 0.123 e. The Bertz CT molecular complexity index is 605. The fourth-order valence-corrected chi connectivity index (χ4v) is 3.94. The van der Waals surface area contributed by atoms with E-state index in [4.69, 9.17) is 0 Å². The summed E-state index contributed by atoms with van der Waals surface area (Å²) in [6.45, 7) is 2.14. The van der Waals surface area contributed by atoms with Crippen LogP contribution >= 0.6 is 11.3 Å². The molecule has 1 heterocycles. The van der Waals surface area contributed by atoms with Crippen LogP contribution in [0.25, 0.3) is 0 Å². The van der Waals surface area contributed by atoms with E-state index >= 15 is 0 Å². The SMILES string of the molecule is CCc1ccc(CC2(O)CCc3cc(F)ccc32)s1. The Labute approximate surface area is 116 Å². The van der Waals surface area contributed by atoms with Gasteiger partial charge in [-0.2, -0.15) is 0 Å². The van der Waals surface area contributed by atoms with Crippen LogP contribution in [0, 0.1) is 5.82 Å². The lowest BCUT2D eigenvalue weighted by atomic mass is 9.91. The van der Waals surface area contributed by atoms with Crippen LogP contribution in [0.15, 0.2) is 30.3 Å². The van der Waals surface area contributed by atoms with Gasteiger partial charge in [0.2, 0.25) is 0 Å². The lowest BCUT2D eigenvalue weighted by molar-refractivity contribution is 0.0398. The minimum Gasteiger partial charge on any atom is -0.385 e. The van der Waals surface area contributed by atoms with E-state index in [0.29, 0.717) is 12.8 Å². The van der Waals surface area contributed by atoms with Crippen LogP contribution in [-0.2, 0) is 24.9 Å². The Hall–Kier alpha value is -1.19. The third-order valence-corrected chi connectivity index (χ3v) is 5.14. The van der Waals surface area contributed by atoms with Crippen molar-refractivity contribution in [3.63, 3.8) is 0 Å². The van der Waals surface area contributed by atoms with Gasteiger partial charge in [0.15, 0.2) is 0 Å². The van der Waals surface area contributed by atoms with Gasteiger partial charge in [0.05, 0.1) is 5.60 Å². The molecule has 0 fully saturated rings. The molecule has 0 saturated carbocycles. The van der Waals surface area contributed by atoms with Crippen LogP contribution in [0.1, 0.15) is 34.2 Å². The molecule has 1 aromatic heterocycles. The van der Waals surface area contributed by atoms with Crippen molar-refractivity contribution in [3.8, 4) is 0 Å². The van der Waals surface area contributed by atoms with Gasteiger partial charge in [0, 0.05) is 16.2 Å². The van der Waals surface area contributed by atoms with E-state index in [9.17, 15) is 9.50 Å². The lowest BCUT2D eigenvalue weighted by Crippen LogP contribution is -2.24. The number of fused-ring (bicyclic) bond motifs is 1. The molecule has 0 bridgehead atoms. The van der Waals surface area contributed by atoms with Crippen molar-refractivity contribution in [3.05, 3.63) is 57.0 Å². The van der Waals surface area contributed by atoms with Crippen LogP contribution < -0.4 is 0 Å². The summed E-state index contributed by atoms with van der Waals surface area (Å²) in [6.07, 6.45) is 3.11. The van der Waals surface area contributed by atoms with Gasteiger partial charge in [-0.25, -0.2) is 4.39 Å². The highest BCUT2D eigenvalue weighted by Crippen LogP contribution is 2.40. The van der Waals surface area contributed by atoms with Gasteiger partial charge in [-0.3, -0.25) is 0 Å². The number of benzene rings is 1. The van der Waals surface area contributed by atoms with Crippen molar-refractivity contribution in [2.75, 3.05) is 0 Å². The number of thiophene rings is 1. The summed E-state index contributed by atoms with van der Waals surface area (Å²) in [7, 11) is 0. The summed E-state index contributed by atoms with van der Waals surface area (Å²) < 4.78 is 13.2. The average molecular weight is 276 g/mol. The smallest absolute Gasteiger partial charge is 0.123 e. The summed E-state index contributed by atoms with van der Waals surface area (Å²) >= 11 is 1.76. The van der Waals surface area contributed by atoms with Crippen LogP contribution in [0.5, 0.6) is 0 Å². The molecule has 0 spiro atoms. The van der Waals surface area contributed by atoms with Crippen molar-refractivity contribution in [2.45, 2.75) is 38.2 Å². The van der Waals surface area contributed by atoms with Gasteiger partial charge in [0.1, 0.15) is 5.82 Å². The van der Waals surface area contributed by atoms with Crippen LogP contribution in [0.2, 0.25) is 0 Å². The first-order valence-electron chi connectivity index (χ1n) is 6.69. The van der Waals surface area contributed by atoms with Gasteiger partial charge in [0.25, 0.3) is 0 Å². The molecular weight excluding hydrogens is 259 g/mol. The minimum atomic E-state index is -0.821. The van der Waals surface area contributed by atoms with Crippen molar-refractivity contribution in [2.24, 2.45) is 0 Å². The molecule has 2 aromatic rings. The van der Waals surface area contributed by atoms with Gasteiger partial charge >= 0.3 is 0 Å². The molecule has 0 aliphatic heterocycles. The van der Waals surface area contributed by atoms with Gasteiger partial charge in [-0.15, -0.1) is 11.3 Å². The highest BCUT2D eigenvalue weighted by molar-refractivity contribution is 7.12. The molecule has 3 rings (SSSR count). The third-order valence-electron chi connectivity index (χ3n) is 3.91. The molecule has 0 radical (unpaired) electrons. The summed E-state index contributed by atoms with van der Waals surface area (Å²) in [5.74, 6) is -0.215. The lowest BCUT2D eigenvalue weighted by Gasteiger charge is -2.23. The molecule has 1 atom stereocenters. The largest absolute Gasteiger partial charge is 0.385 e. The predicted octanol–water partition coefficient (Wildman–Crippen LogP) is 3.83. The molecule has 1 aliphatic rings. The highest BCUT2D eigenvalue weighted by Gasteiger charge is 2.37. The quantitative estimate of drug-likeness (QED) is 0.903. The first kappa shape index (κ1) is 12.8. The summed E-state index contributed by atoms with van der Waals surface area (Å²) in [5, 5.41) is 10.9. The predicted molar refractivity (Wildman–Crippen MR) is 76.0 cm³/mol. The zero-order valence-electron chi connectivity index (χ0n) is 10.9. The molecule has 0 saturated heterocycles. The molecule has 1 aromatic carbocycles. The minimum absolute atomic E-state index is 0.215. The zero-order valence-corrected chi connectivity index (χ0v) is 11.8. The number of hydrogen-bond donors (Lipinski definition) is 1. The van der Waals surface area contributed by atoms with Crippen LogP contribution in [0.4, 0.5) is 4.39 Å². The summed E-state index contributed by atoms with van der Waals surface area (Å²) in [4.78, 5) is 2.55. The Morgan fingerprint density at radius 3 is 2.79 bits per heavy atom. The fourth-order valence-electron chi connectivity index (χ4n) is 2.88. The first-order chi connectivity index (χ1) is 9.10. The Balaban J connectivity index is 1.89. The van der Waals surface area contributed by atoms with Crippen molar-refractivity contribution < 1.29 is 9.50 Å². The Morgan fingerprint density at radius 1 is 1.26 bits per heavy atom. The molecular formula is C16H17FOS. The number of aryl methyl sites for hydroxylation is 2. The average Bonchev–Trinajstić information content (AvgIpc) is 2.95. The molecule has 1 N–H and O–H groups in total. The van der Waals surface area contributed by atoms with Crippen molar-refractivity contribution in [1.82, 2.24) is 0 Å². The van der Waals surface area contributed by atoms with E-state index in [-0.39, 0.29) is 5.82 Å². The van der Waals surface area contributed by atoms with E-state index in [1.807, 2.05) is 0 Å². The second-order valence-corrected chi connectivity index (χ2v) is 6.48. The molecule has 1 aliphatic carbocycles.